The molecular weight excluding hydrogens is 510 g/mol. The number of aromatic amines is 1. The van der Waals surface area contributed by atoms with Gasteiger partial charge in [-0.3, -0.25) is 9.88 Å². The fourth-order valence-corrected chi connectivity index (χ4v) is 5.59. The first-order valence-corrected chi connectivity index (χ1v) is 13.8. The predicted octanol–water partition coefficient (Wildman–Crippen LogP) is 6.14. The Bertz CT molecular complexity index is 1790. The Morgan fingerprint density at radius 2 is 1.73 bits per heavy atom. The molecule has 41 heavy (non-hydrogen) atoms. The van der Waals surface area contributed by atoms with Crippen LogP contribution in [0.25, 0.3) is 44.8 Å². The van der Waals surface area contributed by atoms with Gasteiger partial charge in [-0.2, -0.15) is 0 Å². The van der Waals surface area contributed by atoms with E-state index in [1.807, 2.05) is 42.5 Å². The maximum absolute atomic E-state index is 5.53. The highest BCUT2D eigenvalue weighted by Gasteiger charge is 2.27. The molecule has 1 saturated heterocycles. The summed E-state index contributed by atoms with van der Waals surface area (Å²) in [4.78, 5) is 19.7. The number of ether oxygens (including phenoxy) is 1. The van der Waals surface area contributed by atoms with Crippen molar-refractivity contribution in [1.82, 2.24) is 35.0 Å². The summed E-state index contributed by atoms with van der Waals surface area (Å²) in [6.45, 7) is 2.85. The zero-order chi connectivity index (χ0) is 27.6. The summed E-state index contributed by atoms with van der Waals surface area (Å²) in [7, 11) is 1.64. The maximum atomic E-state index is 5.53. The van der Waals surface area contributed by atoms with Gasteiger partial charge in [0, 0.05) is 42.5 Å². The number of aromatic nitrogens is 6. The van der Waals surface area contributed by atoms with Crippen molar-refractivity contribution in [1.29, 1.82) is 0 Å². The van der Waals surface area contributed by atoms with Gasteiger partial charge in [-0.1, -0.05) is 60.7 Å². The number of hydrogen-bond donors (Lipinski definition) is 1. The Hall–Kier alpha value is -4.95. The topological polar surface area (TPSA) is 92.7 Å². The zero-order valence-electron chi connectivity index (χ0n) is 22.7. The monoisotopic (exact) mass is 539 g/mol. The van der Waals surface area contributed by atoms with Crippen LogP contribution in [0.15, 0.2) is 97.3 Å². The molecule has 5 heterocycles. The quantitative estimate of drug-likeness (QED) is 0.260. The Morgan fingerprint density at radius 1 is 0.878 bits per heavy atom. The van der Waals surface area contributed by atoms with Crippen LogP contribution < -0.4 is 4.74 Å². The van der Waals surface area contributed by atoms with E-state index in [2.05, 4.69) is 72.5 Å². The highest BCUT2D eigenvalue weighted by molar-refractivity contribution is 5.93. The maximum Gasteiger partial charge on any atom is 0.222 e. The van der Waals surface area contributed by atoms with E-state index in [0.29, 0.717) is 11.8 Å². The molecular formula is C33H29N7O. The third kappa shape index (κ3) is 5.05. The van der Waals surface area contributed by atoms with Gasteiger partial charge >= 0.3 is 0 Å². The lowest BCUT2D eigenvalue weighted by Gasteiger charge is -2.16. The number of benzene rings is 2. The zero-order valence-corrected chi connectivity index (χ0v) is 22.7. The molecule has 2 aromatic carbocycles. The van der Waals surface area contributed by atoms with E-state index in [1.54, 1.807) is 19.5 Å². The number of nitrogens with zero attached hydrogens (tertiary/aromatic N) is 6. The Labute approximate surface area is 238 Å². The summed E-state index contributed by atoms with van der Waals surface area (Å²) in [5, 5.41) is 9.67. The molecule has 202 valence electrons. The predicted molar refractivity (Wildman–Crippen MR) is 159 cm³/mol. The molecule has 7 rings (SSSR count). The largest absolute Gasteiger partial charge is 0.481 e. The fraction of sp³-hybridized carbons (Fsp3) is 0.182. The van der Waals surface area contributed by atoms with Gasteiger partial charge < -0.3 is 9.72 Å². The van der Waals surface area contributed by atoms with Gasteiger partial charge in [0.2, 0.25) is 5.88 Å². The summed E-state index contributed by atoms with van der Waals surface area (Å²) in [5.74, 6) is 2.57. The van der Waals surface area contributed by atoms with Crippen LogP contribution in [0, 0.1) is 0 Å². The van der Waals surface area contributed by atoms with Gasteiger partial charge in [-0.15, -0.1) is 10.2 Å². The number of H-pyrrole nitrogens is 1. The molecule has 1 N–H and O–H groups in total. The summed E-state index contributed by atoms with van der Waals surface area (Å²) >= 11 is 0. The summed E-state index contributed by atoms with van der Waals surface area (Å²) in [5.41, 5.74) is 7.12. The molecule has 1 aliphatic rings. The normalized spacial score (nSPS) is 15.4. The molecule has 1 aliphatic heterocycles. The first-order chi connectivity index (χ1) is 20.2. The van der Waals surface area contributed by atoms with Crippen molar-refractivity contribution in [2.45, 2.75) is 18.9 Å². The van der Waals surface area contributed by atoms with Gasteiger partial charge in [0.25, 0.3) is 0 Å². The van der Waals surface area contributed by atoms with E-state index in [-0.39, 0.29) is 0 Å². The average Bonchev–Trinajstić information content (AvgIpc) is 3.72. The molecule has 0 saturated carbocycles. The highest BCUT2D eigenvalue weighted by atomic mass is 16.5. The average molecular weight is 540 g/mol. The van der Waals surface area contributed by atoms with E-state index in [9.17, 15) is 0 Å². The van der Waals surface area contributed by atoms with Gasteiger partial charge in [-0.05, 0) is 48.4 Å². The number of hydrogen-bond acceptors (Lipinski definition) is 7. The lowest BCUT2D eigenvalue weighted by atomic mass is 9.97. The molecule has 1 atom stereocenters. The van der Waals surface area contributed by atoms with Crippen LogP contribution in [0.3, 0.4) is 0 Å². The Kier molecular flexibility index (Phi) is 6.66. The molecule has 0 bridgehead atoms. The van der Waals surface area contributed by atoms with E-state index < -0.39 is 0 Å². The molecule has 8 nitrogen and oxygen atoms in total. The molecule has 8 heteroatoms. The van der Waals surface area contributed by atoms with E-state index in [1.165, 1.54) is 5.56 Å². The van der Waals surface area contributed by atoms with Crippen molar-refractivity contribution < 1.29 is 4.74 Å². The van der Waals surface area contributed by atoms with Gasteiger partial charge in [0.05, 0.1) is 23.7 Å². The molecule has 1 fully saturated rings. The second-order valence-electron chi connectivity index (χ2n) is 10.3. The summed E-state index contributed by atoms with van der Waals surface area (Å²) < 4.78 is 5.53. The molecule has 4 aromatic heterocycles. The van der Waals surface area contributed by atoms with Crippen LogP contribution in [0.2, 0.25) is 0 Å². The van der Waals surface area contributed by atoms with Crippen molar-refractivity contribution in [3.05, 3.63) is 109 Å². The number of likely N-dealkylation sites (tertiary alicyclic amines) is 1. The van der Waals surface area contributed by atoms with Crippen molar-refractivity contribution in [2.75, 3.05) is 20.2 Å². The molecule has 1 unspecified atom stereocenters. The van der Waals surface area contributed by atoms with Crippen LogP contribution in [-0.2, 0) is 6.54 Å². The standard InChI is InChI=1S/C33H29N7O/c1-41-33-27-19-26(23-7-3-2-4-8-23)30(36-28(27)14-17-35-33)24-12-10-22(11-13-24)20-40-18-15-25(21-40)31-37-32(39-38-31)29-9-5-6-16-34-29/h2-14,16-17,19,25H,15,18,20-21H2,1H3,(H,37,38,39). The SMILES string of the molecule is COc1nccc2nc(-c3ccc(CN4CCC(c5nnc(-c6ccccn6)[nH]5)C4)cc3)c(-c3ccccc3)cc12. The summed E-state index contributed by atoms with van der Waals surface area (Å²) in [6.07, 6.45) is 4.56. The first-order valence-electron chi connectivity index (χ1n) is 13.8. The number of rotatable bonds is 7. The van der Waals surface area contributed by atoms with Crippen LogP contribution in [0.4, 0.5) is 0 Å². The van der Waals surface area contributed by atoms with Crippen LogP contribution in [0.1, 0.15) is 23.7 Å². The molecule has 0 radical (unpaired) electrons. The van der Waals surface area contributed by atoms with Crippen molar-refractivity contribution >= 4 is 10.9 Å². The minimum atomic E-state index is 0.334. The molecule has 6 aromatic rings. The number of nitrogens with one attached hydrogen (secondary N) is 1. The second-order valence-corrected chi connectivity index (χ2v) is 10.3. The van der Waals surface area contributed by atoms with Crippen molar-refractivity contribution in [3.63, 3.8) is 0 Å². The van der Waals surface area contributed by atoms with Crippen molar-refractivity contribution in [3.8, 4) is 39.8 Å². The molecule has 0 spiro atoms. The van der Waals surface area contributed by atoms with E-state index in [4.69, 9.17) is 9.72 Å². The summed E-state index contributed by atoms with van der Waals surface area (Å²) in [6, 6.07) is 29.0. The first kappa shape index (κ1) is 25.0. The number of methoxy groups -OCH3 is 1. The van der Waals surface area contributed by atoms with Gasteiger partial charge in [-0.25, -0.2) is 9.97 Å². The minimum Gasteiger partial charge on any atom is -0.481 e. The Morgan fingerprint density at radius 3 is 2.54 bits per heavy atom. The molecule has 0 amide bonds. The minimum absolute atomic E-state index is 0.334. The number of pyridine rings is 3. The fourth-order valence-electron chi connectivity index (χ4n) is 5.59. The van der Waals surface area contributed by atoms with Crippen molar-refractivity contribution in [2.24, 2.45) is 0 Å². The van der Waals surface area contributed by atoms with Crippen LogP contribution in [-0.4, -0.2) is 55.2 Å². The lowest BCUT2D eigenvalue weighted by molar-refractivity contribution is 0.326. The third-order valence-electron chi connectivity index (χ3n) is 7.69. The van der Waals surface area contributed by atoms with E-state index in [0.717, 1.165) is 76.7 Å². The molecule has 0 aliphatic carbocycles. The number of fused-ring (bicyclic) bond motifs is 1. The Balaban J connectivity index is 1.11. The van der Waals surface area contributed by atoms with Crippen LogP contribution in [0.5, 0.6) is 5.88 Å². The van der Waals surface area contributed by atoms with Gasteiger partial charge in [0.15, 0.2) is 5.82 Å². The lowest BCUT2D eigenvalue weighted by Crippen LogP contribution is -2.20. The van der Waals surface area contributed by atoms with E-state index >= 15 is 0 Å². The smallest absolute Gasteiger partial charge is 0.222 e. The van der Waals surface area contributed by atoms with Gasteiger partial charge in [0.1, 0.15) is 11.5 Å². The third-order valence-corrected chi connectivity index (χ3v) is 7.69. The second kappa shape index (κ2) is 10.9. The highest BCUT2D eigenvalue weighted by Crippen LogP contribution is 2.36. The van der Waals surface area contributed by atoms with Crippen LogP contribution >= 0.6 is 0 Å².